The number of sulfone groups is 1. The Balaban J connectivity index is 1.68. The van der Waals surface area contributed by atoms with Crippen LogP contribution in [0.5, 0.6) is 0 Å². The molecule has 0 unspecified atom stereocenters. The zero-order valence-electron chi connectivity index (χ0n) is 20.1. The van der Waals surface area contributed by atoms with Gasteiger partial charge in [0.2, 0.25) is 5.95 Å². The van der Waals surface area contributed by atoms with E-state index < -0.39 is 32.1 Å². The molecule has 190 valence electrons. The Hall–Kier alpha value is -4.31. The van der Waals surface area contributed by atoms with Crippen LogP contribution in [0.1, 0.15) is 30.0 Å². The molecule has 1 fully saturated rings. The lowest BCUT2D eigenvalue weighted by Crippen LogP contribution is -2.19. The molecule has 13 heteroatoms. The lowest BCUT2D eigenvalue weighted by Gasteiger charge is -2.22. The second kappa shape index (κ2) is 8.97. The van der Waals surface area contributed by atoms with E-state index in [0.717, 1.165) is 41.7 Å². The normalized spacial score (nSPS) is 13.4. The maximum absolute atomic E-state index is 15.0. The number of hydrogen-bond donors (Lipinski definition) is 2. The number of halogens is 2. The van der Waals surface area contributed by atoms with Crippen molar-refractivity contribution >= 4 is 33.1 Å². The Morgan fingerprint density at radius 3 is 2.46 bits per heavy atom. The van der Waals surface area contributed by atoms with E-state index in [1.54, 1.807) is 30.2 Å². The third kappa shape index (κ3) is 4.75. The lowest BCUT2D eigenvalue weighted by molar-refractivity contribution is 0.569. The zero-order valence-corrected chi connectivity index (χ0v) is 20.9. The van der Waals surface area contributed by atoms with Crippen molar-refractivity contribution in [2.24, 2.45) is 7.05 Å². The molecule has 0 radical (unpaired) electrons. The molecule has 0 atom stereocenters. The standard InChI is InChI=1S/C24H22F2N8O2S/c1-5-15-8-19(32-31-15)28-23-20(13-6-7-13)21(14-11-27-33(2)12-14)29-24(30-23)34(3)22-17(25)9-16(10-18(22)26)37(4,35)36/h1,8-13H,6-7H2,2-4H3,(H2,28,29,30,31,32). The van der Waals surface area contributed by atoms with Crippen LogP contribution in [0.2, 0.25) is 0 Å². The molecule has 0 spiro atoms. The number of aromatic amines is 1. The average molecular weight is 525 g/mol. The van der Waals surface area contributed by atoms with Crippen LogP contribution in [0, 0.1) is 24.0 Å². The first-order valence-electron chi connectivity index (χ1n) is 11.2. The smallest absolute Gasteiger partial charge is 0.232 e. The van der Waals surface area contributed by atoms with Gasteiger partial charge in [-0.3, -0.25) is 9.78 Å². The molecule has 1 saturated carbocycles. The number of nitrogens with zero attached hydrogens (tertiary/aromatic N) is 6. The number of benzene rings is 1. The summed E-state index contributed by atoms with van der Waals surface area (Å²) in [7, 11) is -0.649. The van der Waals surface area contributed by atoms with E-state index in [-0.39, 0.29) is 11.9 Å². The molecule has 1 aliphatic rings. The van der Waals surface area contributed by atoms with Crippen LogP contribution in [0.15, 0.2) is 35.5 Å². The van der Waals surface area contributed by atoms with Gasteiger partial charge in [0.1, 0.15) is 17.2 Å². The van der Waals surface area contributed by atoms with Crippen molar-refractivity contribution in [3.63, 3.8) is 0 Å². The first kappa shape index (κ1) is 24.4. The summed E-state index contributed by atoms with van der Waals surface area (Å²) in [4.78, 5) is 9.95. The average Bonchev–Trinajstić information content (AvgIpc) is 3.41. The molecular weight excluding hydrogens is 502 g/mol. The predicted molar refractivity (Wildman–Crippen MR) is 134 cm³/mol. The Bertz CT molecular complexity index is 1650. The van der Waals surface area contributed by atoms with Gasteiger partial charge in [0.05, 0.1) is 16.8 Å². The molecule has 0 bridgehead atoms. The van der Waals surface area contributed by atoms with Gasteiger partial charge in [0, 0.05) is 43.7 Å². The molecule has 4 aromatic rings. The summed E-state index contributed by atoms with van der Waals surface area (Å²) in [6.07, 6.45) is 11.6. The Kier molecular flexibility index (Phi) is 5.91. The Morgan fingerprint density at radius 2 is 1.92 bits per heavy atom. The Morgan fingerprint density at radius 1 is 1.22 bits per heavy atom. The van der Waals surface area contributed by atoms with E-state index >= 15 is 8.78 Å². The summed E-state index contributed by atoms with van der Waals surface area (Å²) in [5, 5.41) is 14.3. The van der Waals surface area contributed by atoms with Crippen LogP contribution in [-0.4, -0.2) is 51.7 Å². The fourth-order valence-electron chi connectivity index (χ4n) is 3.98. The number of aromatic nitrogens is 6. The summed E-state index contributed by atoms with van der Waals surface area (Å²) in [5.41, 5.74) is 2.04. The number of H-pyrrole nitrogens is 1. The maximum Gasteiger partial charge on any atom is 0.232 e. The van der Waals surface area contributed by atoms with Crippen molar-refractivity contribution < 1.29 is 17.2 Å². The predicted octanol–water partition coefficient (Wildman–Crippen LogP) is 3.65. The molecule has 1 aromatic carbocycles. The summed E-state index contributed by atoms with van der Waals surface area (Å²) in [6.45, 7) is 0. The fraction of sp³-hybridized carbons (Fsp3) is 0.250. The molecule has 37 heavy (non-hydrogen) atoms. The summed E-state index contributed by atoms with van der Waals surface area (Å²) in [6, 6.07) is 3.18. The van der Waals surface area contributed by atoms with E-state index in [1.165, 1.54) is 7.05 Å². The molecular formula is C24H22F2N8O2S. The van der Waals surface area contributed by atoms with Crippen LogP contribution in [0.4, 0.5) is 32.1 Å². The third-order valence-corrected chi connectivity index (χ3v) is 7.02. The van der Waals surface area contributed by atoms with Crippen LogP contribution >= 0.6 is 0 Å². The number of nitrogens with one attached hydrogen (secondary N) is 2. The molecule has 3 heterocycles. The summed E-state index contributed by atoms with van der Waals surface area (Å²) >= 11 is 0. The second-order valence-corrected chi connectivity index (χ2v) is 10.8. The number of terminal acetylenes is 1. The van der Waals surface area contributed by atoms with Gasteiger partial charge in [0.25, 0.3) is 0 Å². The van der Waals surface area contributed by atoms with Gasteiger partial charge >= 0.3 is 0 Å². The minimum atomic E-state index is -3.82. The van der Waals surface area contributed by atoms with Gasteiger partial charge in [-0.1, -0.05) is 5.92 Å². The van der Waals surface area contributed by atoms with Crippen LogP contribution < -0.4 is 10.2 Å². The van der Waals surface area contributed by atoms with Crippen molar-refractivity contribution in [1.82, 2.24) is 29.9 Å². The van der Waals surface area contributed by atoms with E-state index in [4.69, 9.17) is 6.42 Å². The highest BCUT2D eigenvalue weighted by molar-refractivity contribution is 7.90. The molecule has 10 nitrogen and oxygen atoms in total. The van der Waals surface area contributed by atoms with Crippen molar-refractivity contribution in [2.45, 2.75) is 23.7 Å². The van der Waals surface area contributed by atoms with Gasteiger partial charge in [-0.25, -0.2) is 22.2 Å². The van der Waals surface area contributed by atoms with Crippen molar-refractivity contribution in [3.05, 3.63) is 53.5 Å². The number of rotatable bonds is 7. The van der Waals surface area contributed by atoms with E-state index in [0.29, 0.717) is 28.6 Å². The van der Waals surface area contributed by atoms with Crippen LogP contribution in [-0.2, 0) is 16.9 Å². The number of aryl methyl sites for hydroxylation is 1. The van der Waals surface area contributed by atoms with Gasteiger partial charge < -0.3 is 10.2 Å². The lowest BCUT2D eigenvalue weighted by atomic mass is 10.1. The highest BCUT2D eigenvalue weighted by Gasteiger charge is 2.33. The summed E-state index contributed by atoms with van der Waals surface area (Å²) < 4.78 is 55.4. The Labute approximate surface area is 211 Å². The second-order valence-electron chi connectivity index (χ2n) is 8.81. The van der Waals surface area contributed by atoms with E-state index in [1.807, 2.05) is 0 Å². The maximum atomic E-state index is 15.0. The van der Waals surface area contributed by atoms with Gasteiger partial charge in [-0.05, 0) is 30.9 Å². The number of anilines is 4. The molecule has 1 aliphatic carbocycles. The highest BCUT2D eigenvalue weighted by Crippen LogP contribution is 2.48. The largest absolute Gasteiger partial charge is 0.323 e. The van der Waals surface area contributed by atoms with E-state index in [2.05, 4.69) is 36.5 Å². The minimum absolute atomic E-state index is 0.0247. The van der Waals surface area contributed by atoms with Gasteiger partial charge in [-0.2, -0.15) is 15.2 Å². The molecule has 0 amide bonds. The van der Waals surface area contributed by atoms with Crippen LogP contribution in [0.3, 0.4) is 0 Å². The van der Waals surface area contributed by atoms with Crippen LogP contribution in [0.25, 0.3) is 11.3 Å². The van der Waals surface area contributed by atoms with E-state index in [9.17, 15) is 8.42 Å². The molecule has 2 N–H and O–H groups in total. The monoisotopic (exact) mass is 524 g/mol. The molecule has 5 rings (SSSR count). The van der Waals surface area contributed by atoms with Crippen molar-refractivity contribution in [1.29, 1.82) is 0 Å². The first-order valence-corrected chi connectivity index (χ1v) is 13.1. The zero-order chi connectivity index (χ0) is 26.5. The van der Waals surface area contributed by atoms with Crippen molar-refractivity contribution in [3.8, 4) is 23.6 Å². The third-order valence-electron chi connectivity index (χ3n) is 5.93. The molecule has 3 aromatic heterocycles. The quantitative estimate of drug-likeness (QED) is 0.352. The summed E-state index contributed by atoms with van der Waals surface area (Å²) in [5.74, 6) is 1.29. The highest BCUT2D eigenvalue weighted by atomic mass is 32.2. The number of hydrogen-bond acceptors (Lipinski definition) is 8. The molecule has 0 saturated heterocycles. The van der Waals surface area contributed by atoms with Gasteiger partial charge in [-0.15, -0.1) is 6.42 Å². The first-order chi connectivity index (χ1) is 17.5. The minimum Gasteiger partial charge on any atom is -0.323 e. The molecule has 0 aliphatic heterocycles. The topological polar surface area (TPSA) is 122 Å². The van der Waals surface area contributed by atoms with Crippen molar-refractivity contribution in [2.75, 3.05) is 23.5 Å². The SMILES string of the molecule is C#Cc1cc(Nc2nc(N(C)c3c(F)cc(S(C)(=O)=O)cc3F)nc(-c3cnn(C)c3)c2C2CC2)n[nH]1. The van der Waals surface area contributed by atoms with Gasteiger partial charge in [0.15, 0.2) is 27.3 Å². The fourth-order valence-corrected chi connectivity index (χ4v) is 4.62.